The van der Waals surface area contributed by atoms with Crippen molar-refractivity contribution in [3.63, 3.8) is 0 Å². The lowest BCUT2D eigenvalue weighted by molar-refractivity contribution is 0.0977. The predicted molar refractivity (Wildman–Crippen MR) is 82.1 cm³/mol. The number of hydrogen-bond donors (Lipinski definition) is 2. The van der Waals surface area contributed by atoms with E-state index in [1.807, 2.05) is 4.72 Å². The number of fused-ring (bicyclic) bond motifs is 1. The summed E-state index contributed by atoms with van der Waals surface area (Å²) < 4.78 is 46.0. The average molecular weight is 363 g/mol. The van der Waals surface area contributed by atoms with E-state index in [-0.39, 0.29) is 16.9 Å². The van der Waals surface area contributed by atoms with Crippen LogP contribution in [-0.2, 0) is 10.2 Å². The lowest BCUT2D eigenvalue weighted by atomic mass is 10.1. The minimum absolute atomic E-state index is 0.0139. The molecule has 23 heavy (non-hydrogen) atoms. The van der Waals surface area contributed by atoms with Crippen LogP contribution in [0, 0.1) is 17.7 Å². The smallest absolute Gasteiger partial charge is 0.301 e. The first-order valence-electron chi connectivity index (χ1n) is 7.20. The minimum atomic E-state index is -4.02. The van der Waals surface area contributed by atoms with Gasteiger partial charge in [-0.05, 0) is 37.2 Å². The van der Waals surface area contributed by atoms with Gasteiger partial charge in [-0.3, -0.25) is 4.79 Å². The minimum Gasteiger partial charge on any atom is -0.489 e. The third-order valence-electron chi connectivity index (χ3n) is 4.26. The second-order valence-electron chi connectivity index (χ2n) is 5.87. The summed E-state index contributed by atoms with van der Waals surface area (Å²) in [5, 5.41) is 0.0685. The second-order valence-corrected chi connectivity index (χ2v) is 7.89. The topological polar surface area (TPSA) is 84.5 Å². The molecule has 0 bridgehead atoms. The number of hydrogen-bond acceptors (Lipinski definition) is 4. The van der Waals surface area contributed by atoms with Crippen LogP contribution in [0.1, 0.15) is 29.6 Å². The van der Waals surface area contributed by atoms with E-state index in [2.05, 4.69) is 0 Å². The van der Waals surface area contributed by atoms with Crippen LogP contribution in [0.3, 0.4) is 0 Å². The summed E-state index contributed by atoms with van der Waals surface area (Å²) >= 11 is 6.04. The molecule has 3 rings (SSSR count). The van der Waals surface area contributed by atoms with Crippen molar-refractivity contribution in [2.45, 2.75) is 25.4 Å². The molecule has 0 radical (unpaired) electrons. The van der Waals surface area contributed by atoms with Gasteiger partial charge in [0.1, 0.15) is 11.6 Å². The summed E-state index contributed by atoms with van der Waals surface area (Å²) in [5.41, 5.74) is -0.463. The summed E-state index contributed by atoms with van der Waals surface area (Å²) in [6, 6.07) is 2.09. The molecular formula is C14H16ClFN2O4S. The van der Waals surface area contributed by atoms with Crippen molar-refractivity contribution in [2.75, 3.05) is 7.05 Å². The van der Waals surface area contributed by atoms with Gasteiger partial charge in [0, 0.05) is 13.1 Å². The Morgan fingerprint density at radius 3 is 2.57 bits per heavy atom. The summed E-state index contributed by atoms with van der Waals surface area (Å²) in [6.45, 7) is 0. The molecule has 2 fully saturated rings. The van der Waals surface area contributed by atoms with Crippen molar-refractivity contribution < 1.29 is 22.3 Å². The largest absolute Gasteiger partial charge is 0.489 e. The Morgan fingerprint density at radius 2 is 1.96 bits per heavy atom. The maximum absolute atomic E-state index is 14.1. The van der Waals surface area contributed by atoms with Crippen molar-refractivity contribution in [1.29, 1.82) is 0 Å². The fourth-order valence-corrected chi connectivity index (χ4v) is 3.62. The summed E-state index contributed by atoms with van der Waals surface area (Å²) in [7, 11) is -2.89. The molecule has 2 saturated carbocycles. The zero-order chi connectivity index (χ0) is 16.8. The Hall–Kier alpha value is -1.38. The molecule has 3 atom stereocenters. The molecule has 1 amide bonds. The molecule has 9 heteroatoms. The van der Waals surface area contributed by atoms with Crippen LogP contribution in [0.5, 0.6) is 5.75 Å². The van der Waals surface area contributed by atoms with Crippen LogP contribution in [-0.4, -0.2) is 27.5 Å². The Balaban J connectivity index is 1.75. The van der Waals surface area contributed by atoms with Gasteiger partial charge in [-0.15, -0.1) is 0 Å². The van der Waals surface area contributed by atoms with E-state index in [1.165, 1.54) is 6.42 Å². The standard InChI is InChI=1S/C14H16ClFN2O4S/c1-17-23(20,21)18-14(19)10-5-11(15)13(6-12(10)16)22-9-3-7-2-8(7)4-9/h5-9,17H,2-4H2,1H3,(H,18,19)/t7-,8+,9+. The van der Waals surface area contributed by atoms with Gasteiger partial charge in [0.15, 0.2) is 0 Å². The van der Waals surface area contributed by atoms with E-state index in [4.69, 9.17) is 16.3 Å². The van der Waals surface area contributed by atoms with Crippen molar-refractivity contribution in [3.8, 4) is 5.75 Å². The first-order valence-corrected chi connectivity index (χ1v) is 9.06. The van der Waals surface area contributed by atoms with E-state index in [1.54, 1.807) is 4.72 Å². The van der Waals surface area contributed by atoms with Crippen molar-refractivity contribution >= 4 is 27.7 Å². The number of ether oxygens (including phenoxy) is 1. The van der Waals surface area contributed by atoms with E-state index >= 15 is 0 Å². The molecule has 0 unspecified atom stereocenters. The molecule has 0 saturated heterocycles. The highest BCUT2D eigenvalue weighted by Crippen LogP contribution is 2.52. The third kappa shape index (κ3) is 3.59. The first kappa shape index (κ1) is 16.5. The molecule has 6 nitrogen and oxygen atoms in total. The maximum Gasteiger partial charge on any atom is 0.301 e. The summed E-state index contributed by atoms with van der Waals surface area (Å²) in [5.74, 6) is -0.409. The predicted octanol–water partition coefficient (Wildman–Crippen LogP) is 1.85. The van der Waals surface area contributed by atoms with Gasteiger partial charge in [0.2, 0.25) is 0 Å². The highest BCUT2D eigenvalue weighted by Gasteiger charge is 2.47. The molecule has 1 aromatic carbocycles. The number of carbonyl (C=O) groups is 1. The van der Waals surface area contributed by atoms with Crippen LogP contribution in [0.2, 0.25) is 5.02 Å². The van der Waals surface area contributed by atoms with Crippen LogP contribution < -0.4 is 14.2 Å². The SMILES string of the molecule is CNS(=O)(=O)NC(=O)c1cc(Cl)c(O[C@@H]2C[C@@H]3C[C@@H]3C2)cc1F. The van der Waals surface area contributed by atoms with Crippen molar-refractivity contribution in [2.24, 2.45) is 11.8 Å². The van der Waals surface area contributed by atoms with E-state index < -0.39 is 27.5 Å². The Morgan fingerprint density at radius 1 is 1.30 bits per heavy atom. The molecule has 0 aliphatic heterocycles. The average Bonchev–Trinajstić information content (AvgIpc) is 3.09. The Kier molecular flexibility index (Phi) is 4.24. The molecular weight excluding hydrogens is 347 g/mol. The fourth-order valence-electron chi connectivity index (χ4n) is 2.96. The molecule has 0 heterocycles. The molecule has 2 aliphatic carbocycles. The van der Waals surface area contributed by atoms with Gasteiger partial charge in [-0.25, -0.2) is 13.8 Å². The molecule has 1 aromatic rings. The van der Waals surface area contributed by atoms with Gasteiger partial charge in [0.25, 0.3) is 5.91 Å². The highest BCUT2D eigenvalue weighted by molar-refractivity contribution is 7.88. The van der Waals surface area contributed by atoms with Gasteiger partial charge < -0.3 is 4.74 Å². The quantitative estimate of drug-likeness (QED) is 0.837. The van der Waals surface area contributed by atoms with Crippen LogP contribution in [0.4, 0.5) is 4.39 Å². The van der Waals surface area contributed by atoms with E-state index in [0.717, 1.165) is 32.0 Å². The Labute approximate surface area is 138 Å². The van der Waals surface area contributed by atoms with Gasteiger partial charge >= 0.3 is 10.2 Å². The number of rotatable bonds is 5. The molecule has 0 aromatic heterocycles. The van der Waals surface area contributed by atoms with Crippen molar-refractivity contribution in [3.05, 3.63) is 28.5 Å². The third-order valence-corrected chi connectivity index (χ3v) is 5.54. The van der Waals surface area contributed by atoms with Gasteiger partial charge in [-0.1, -0.05) is 11.6 Å². The normalized spacial score (nSPS) is 25.8. The highest BCUT2D eigenvalue weighted by atomic mass is 35.5. The lowest BCUT2D eigenvalue weighted by Gasteiger charge is -2.17. The lowest BCUT2D eigenvalue weighted by Crippen LogP contribution is -2.38. The van der Waals surface area contributed by atoms with Crippen LogP contribution >= 0.6 is 11.6 Å². The number of benzene rings is 1. The van der Waals surface area contributed by atoms with E-state index in [9.17, 15) is 17.6 Å². The number of amides is 1. The first-order chi connectivity index (χ1) is 10.8. The molecule has 0 spiro atoms. The monoisotopic (exact) mass is 362 g/mol. The zero-order valence-electron chi connectivity index (χ0n) is 12.3. The van der Waals surface area contributed by atoms with Crippen LogP contribution in [0.25, 0.3) is 0 Å². The number of halogens is 2. The summed E-state index contributed by atoms with van der Waals surface area (Å²) in [4.78, 5) is 11.8. The molecule has 2 aliphatic rings. The van der Waals surface area contributed by atoms with Crippen LogP contribution in [0.15, 0.2) is 12.1 Å². The number of carbonyl (C=O) groups excluding carboxylic acids is 1. The van der Waals surface area contributed by atoms with Crippen molar-refractivity contribution in [1.82, 2.24) is 9.44 Å². The summed E-state index contributed by atoms with van der Waals surface area (Å²) in [6.07, 6.45) is 3.12. The molecule has 126 valence electrons. The maximum atomic E-state index is 14.1. The second kappa shape index (κ2) is 5.92. The Bertz CT molecular complexity index is 745. The van der Waals surface area contributed by atoms with E-state index in [0.29, 0.717) is 11.8 Å². The molecule has 2 N–H and O–H groups in total. The van der Waals surface area contributed by atoms with Gasteiger partial charge in [-0.2, -0.15) is 8.42 Å². The fraction of sp³-hybridized carbons (Fsp3) is 0.500. The number of nitrogens with one attached hydrogen (secondary N) is 2. The zero-order valence-corrected chi connectivity index (χ0v) is 13.9. The van der Waals surface area contributed by atoms with Gasteiger partial charge in [0.05, 0.1) is 16.7 Å².